The van der Waals surface area contributed by atoms with Crippen LogP contribution in [0.3, 0.4) is 0 Å². The third kappa shape index (κ3) is 3.09. The first kappa shape index (κ1) is 17.4. The van der Waals surface area contributed by atoms with E-state index in [9.17, 15) is 0 Å². The standard InChI is InChI=1S/C21H26N6O/c1-16-20(26-8-6-22-15-26)3-2-7-27(16)21-18-5-4-17(13-19(18)23-14-24-21)25-9-11-28-12-10-25/h4-6,8,13-16,20H,2-3,7,9-12H2,1H3. The second-order valence-electron chi connectivity index (χ2n) is 7.65. The van der Waals surface area contributed by atoms with E-state index in [1.54, 1.807) is 6.33 Å². The fourth-order valence-electron chi connectivity index (χ4n) is 4.56. The van der Waals surface area contributed by atoms with Gasteiger partial charge in [-0.05, 0) is 38.0 Å². The fourth-order valence-corrected chi connectivity index (χ4v) is 4.56. The molecule has 5 rings (SSSR count). The number of benzene rings is 1. The number of piperidine rings is 1. The molecule has 146 valence electrons. The molecule has 0 bridgehead atoms. The summed E-state index contributed by atoms with van der Waals surface area (Å²) < 4.78 is 7.71. The Morgan fingerprint density at radius 1 is 1.11 bits per heavy atom. The Hall–Kier alpha value is -2.67. The Bertz CT molecular complexity index is 937. The van der Waals surface area contributed by atoms with Gasteiger partial charge < -0.3 is 19.1 Å². The quantitative estimate of drug-likeness (QED) is 0.698. The first-order chi connectivity index (χ1) is 13.8. The van der Waals surface area contributed by atoms with Gasteiger partial charge in [0.15, 0.2) is 0 Å². The molecule has 7 heteroatoms. The van der Waals surface area contributed by atoms with Crippen molar-refractivity contribution in [1.82, 2.24) is 19.5 Å². The molecule has 0 amide bonds. The van der Waals surface area contributed by atoms with Crippen LogP contribution in [0.5, 0.6) is 0 Å². The van der Waals surface area contributed by atoms with Crippen molar-refractivity contribution in [1.29, 1.82) is 0 Å². The molecule has 2 aromatic heterocycles. The van der Waals surface area contributed by atoms with Crippen LogP contribution in [0.15, 0.2) is 43.2 Å². The Morgan fingerprint density at radius 3 is 2.82 bits per heavy atom. The highest BCUT2D eigenvalue weighted by Crippen LogP contribution is 2.34. The lowest BCUT2D eigenvalue weighted by atomic mass is 9.96. The van der Waals surface area contributed by atoms with Gasteiger partial charge in [-0.25, -0.2) is 15.0 Å². The van der Waals surface area contributed by atoms with Crippen molar-refractivity contribution in [2.24, 2.45) is 0 Å². The molecule has 2 aliphatic heterocycles. The molecule has 2 saturated heterocycles. The number of ether oxygens (including phenoxy) is 1. The van der Waals surface area contributed by atoms with Gasteiger partial charge in [0.1, 0.15) is 12.1 Å². The third-order valence-corrected chi connectivity index (χ3v) is 6.10. The number of hydrogen-bond acceptors (Lipinski definition) is 6. The van der Waals surface area contributed by atoms with Crippen LogP contribution in [-0.4, -0.2) is 58.4 Å². The number of hydrogen-bond donors (Lipinski definition) is 0. The number of aromatic nitrogens is 4. The molecule has 2 fully saturated rings. The van der Waals surface area contributed by atoms with Crippen molar-refractivity contribution >= 4 is 22.4 Å². The highest BCUT2D eigenvalue weighted by molar-refractivity contribution is 5.91. The monoisotopic (exact) mass is 378 g/mol. The molecular weight excluding hydrogens is 352 g/mol. The molecule has 0 aliphatic carbocycles. The van der Waals surface area contributed by atoms with Crippen molar-refractivity contribution in [2.75, 3.05) is 42.6 Å². The number of fused-ring (bicyclic) bond motifs is 1. The first-order valence-electron chi connectivity index (χ1n) is 10.1. The molecule has 1 aromatic carbocycles. The number of rotatable bonds is 3. The van der Waals surface area contributed by atoms with Crippen molar-refractivity contribution in [3.8, 4) is 0 Å². The van der Waals surface area contributed by atoms with Gasteiger partial charge in [-0.2, -0.15) is 0 Å². The molecule has 4 heterocycles. The van der Waals surface area contributed by atoms with Gasteiger partial charge in [-0.3, -0.25) is 0 Å². The van der Waals surface area contributed by atoms with Crippen LogP contribution < -0.4 is 9.80 Å². The normalized spacial score (nSPS) is 23.3. The molecule has 2 aliphatic rings. The van der Waals surface area contributed by atoms with E-state index < -0.39 is 0 Å². The zero-order chi connectivity index (χ0) is 18.9. The molecule has 0 radical (unpaired) electrons. The number of morpholine rings is 1. The predicted octanol–water partition coefficient (Wildman–Crippen LogP) is 2.89. The van der Waals surface area contributed by atoms with Gasteiger partial charge in [-0.15, -0.1) is 0 Å². The minimum absolute atomic E-state index is 0.347. The van der Waals surface area contributed by atoms with Crippen LogP contribution in [0.25, 0.3) is 10.9 Å². The summed E-state index contributed by atoms with van der Waals surface area (Å²) >= 11 is 0. The minimum atomic E-state index is 0.347. The zero-order valence-corrected chi connectivity index (χ0v) is 16.2. The average molecular weight is 378 g/mol. The molecule has 0 spiro atoms. The molecular formula is C21H26N6O. The molecule has 0 saturated carbocycles. The predicted molar refractivity (Wildman–Crippen MR) is 110 cm³/mol. The summed E-state index contributed by atoms with van der Waals surface area (Å²) in [5.74, 6) is 1.04. The van der Waals surface area contributed by atoms with Crippen LogP contribution in [0.2, 0.25) is 0 Å². The summed E-state index contributed by atoms with van der Waals surface area (Å²) in [5, 5.41) is 1.12. The molecule has 0 N–H and O–H groups in total. The third-order valence-electron chi connectivity index (χ3n) is 6.10. The minimum Gasteiger partial charge on any atom is -0.378 e. The van der Waals surface area contributed by atoms with Crippen LogP contribution in [0.4, 0.5) is 11.5 Å². The van der Waals surface area contributed by atoms with Crippen LogP contribution >= 0.6 is 0 Å². The number of imidazole rings is 1. The van der Waals surface area contributed by atoms with E-state index in [1.165, 1.54) is 5.69 Å². The van der Waals surface area contributed by atoms with Crippen molar-refractivity contribution in [3.63, 3.8) is 0 Å². The van der Waals surface area contributed by atoms with Gasteiger partial charge in [0.2, 0.25) is 0 Å². The van der Waals surface area contributed by atoms with Gasteiger partial charge in [0.05, 0.1) is 31.1 Å². The van der Waals surface area contributed by atoms with Crippen LogP contribution in [0, 0.1) is 0 Å². The van der Waals surface area contributed by atoms with Gasteiger partial charge in [0, 0.05) is 49.1 Å². The van der Waals surface area contributed by atoms with Gasteiger partial charge >= 0.3 is 0 Å². The Balaban J connectivity index is 1.48. The van der Waals surface area contributed by atoms with E-state index in [1.807, 2.05) is 12.5 Å². The van der Waals surface area contributed by atoms with Crippen molar-refractivity contribution in [2.45, 2.75) is 31.8 Å². The summed E-state index contributed by atoms with van der Waals surface area (Å²) in [6.45, 7) is 6.74. The first-order valence-corrected chi connectivity index (χ1v) is 10.1. The molecule has 2 unspecified atom stereocenters. The SMILES string of the molecule is CC1C(n2ccnc2)CCCN1c1ncnc2cc(N3CCOCC3)ccc12. The molecule has 28 heavy (non-hydrogen) atoms. The van der Waals surface area contributed by atoms with E-state index in [4.69, 9.17) is 9.72 Å². The second-order valence-corrected chi connectivity index (χ2v) is 7.65. The lowest BCUT2D eigenvalue weighted by molar-refractivity contribution is 0.122. The summed E-state index contributed by atoms with van der Waals surface area (Å²) in [7, 11) is 0. The average Bonchev–Trinajstić information content (AvgIpc) is 3.28. The zero-order valence-electron chi connectivity index (χ0n) is 16.2. The molecule has 3 aromatic rings. The highest BCUT2D eigenvalue weighted by Gasteiger charge is 2.30. The maximum atomic E-state index is 5.48. The van der Waals surface area contributed by atoms with E-state index in [2.05, 4.69) is 55.7 Å². The summed E-state index contributed by atoms with van der Waals surface area (Å²) in [6.07, 6.45) is 9.87. The number of nitrogens with zero attached hydrogens (tertiary/aromatic N) is 6. The van der Waals surface area contributed by atoms with Gasteiger partial charge in [0.25, 0.3) is 0 Å². The lowest BCUT2D eigenvalue weighted by Gasteiger charge is -2.41. The van der Waals surface area contributed by atoms with Gasteiger partial charge in [-0.1, -0.05) is 0 Å². The summed E-state index contributed by atoms with van der Waals surface area (Å²) in [6, 6.07) is 7.33. The maximum absolute atomic E-state index is 5.48. The Labute approximate surface area is 165 Å². The Morgan fingerprint density at radius 2 is 2.00 bits per heavy atom. The van der Waals surface area contributed by atoms with E-state index in [0.29, 0.717) is 12.1 Å². The van der Waals surface area contributed by atoms with E-state index in [-0.39, 0.29) is 0 Å². The summed E-state index contributed by atoms with van der Waals surface area (Å²) in [5.41, 5.74) is 2.22. The second kappa shape index (κ2) is 7.39. The fraction of sp³-hybridized carbons (Fsp3) is 0.476. The molecule has 2 atom stereocenters. The number of anilines is 2. The maximum Gasteiger partial charge on any atom is 0.140 e. The Kier molecular flexibility index (Phi) is 4.60. The largest absolute Gasteiger partial charge is 0.378 e. The molecule has 7 nitrogen and oxygen atoms in total. The smallest absolute Gasteiger partial charge is 0.140 e. The van der Waals surface area contributed by atoms with E-state index in [0.717, 1.165) is 62.4 Å². The lowest BCUT2D eigenvalue weighted by Crippen LogP contribution is -2.44. The van der Waals surface area contributed by atoms with Crippen LogP contribution in [0.1, 0.15) is 25.8 Å². The van der Waals surface area contributed by atoms with Crippen molar-refractivity contribution < 1.29 is 4.74 Å². The topological polar surface area (TPSA) is 59.3 Å². The van der Waals surface area contributed by atoms with Crippen LogP contribution in [-0.2, 0) is 4.74 Å². The summed E-state index contributed by atoms with van der Waals surface area (Å²) in [4.78, 5) is 18.3. The van der Waals surface area contributed by atoms with Crippen molar-refractivity contribution in [3.05, 3.63) is 43.2 Å². The van der Waals surface area contributed by atoms with E-state index >= 15 is 0 Å². The highest BCUT2D eigenvalue weighted by atomic mass is 16.5.